The fourth-order valence-electron chi connectivity index (χ4n) is 1.60. The zero-order valence-corrected chi connectivity index (χ0v) is 11.2. The molecule has 0 spiro atoms. The molecule has 0 saturated carbocycles. The quantitative estimate of drug-likeness (QED) is 0.688. The first kappa shape index (κ1) is 13.5. The zero-order valence-electron chi connectivity index (χ0n) is 11.2. The molecule has 1 aromatic heterocycles. The van der Waals surface area contributed by atoms with Crippen LogP contribution in [0.1, 0.15) is 44.7 Å². The number of rotatable bonds is 1. The maximum atomic E-state index is 11.3. The predicted octanol–water partition coefficient (Wildman–Crippen LogP) is 4.25. The molecule has 0 aliphatic carbocycles. The zero-order chi connectivity index (χ0) is 13.0. The van der Waals surface area contributed by atoms with E-state index in [1.165, 1.54) is 5.56 Å². The average molecular weight is 232 g/mol. The summed E-state index contributed by atoms with van der Waals surface area (Å²) >= 11 is 0. The summed E-state index contributed by atoms with van der Waals surface area (Å²) in [5.41, 5.74) is 2.33. The van der Waals surface area contributed by atoms with E-state index in [9.17, 15) is 4.79 Å². The van der Waals surface area contributed by atoms with Crippen LogP contribution in [-0.2, 0) is 0 Å². The molecule has 0 unspecified atom stereocenters. The number of hydrogen-bond donors (Lipinski definition) is 0. The van der Waals surface area contributed by atoms with Crippen molar-refractivity contribution in [3.8, 4) is 0 Å². The highest BCUT2D eigenvalue weighted by molar-refractivity contribution is 5.77. The fraction of sp³-hybridized carbons (Fsp3) is 0.400. The highest BCUT2D eigenvalue weighted by Gasteiger charge is 2.04. The van der Waals surface area contributed by atoms with Crippen molar-refractivity contribution in [3.05, 3.63) is 45.8 Å². The summed E-state index contributed by atoms with van der Waals surface area (Å²) in [5, 5.41) is 0.998. The lowest BCUT2D eigenvalue weighted by molar-refractivity contribution is 0.555. The SMILES string of the molecule is CC.Cc1cc2cc(C(C)C)ccc2oc1=O. The highest BCUT2D eigenvalue weighted by atomic mass is 16.4. The molecule has 1 heterocycles. The average Bonchev–Trinajstić information content (AvgIpc) is 2.32. The van der Waals surface area contributed by atoms with Gasteiger partial charge in [-0.1, -0.05) is 33.8 Å². The van der Waals surface area contributed by atoms with Gasteiger partial charge in [0.2, 0.25) is 0 Å². The molecule has 17 heavy (non-hydrogen) atoms. The van der Waals surface area contributed by atoms with Crippen molar-refractivity contribution >= 4 is 11.0 Å². The lowest BCUT2D eigenvalue weighted by atomic mass is 10.0. The van der Waals surface area contributed by atoms with Gasteiger partial charge in [-0.05, 0) is 36.6 Å². The molecule has 2 heteroatoms. The maximum Gasteiger partial charge on any atom is 0.339 e. The topological polar surface area (TPSA) is 30.2 Å². The van der Waals surface area contributed by atoms with Crippen molar-refractivity contribution in [2.24, 2.45) is 0 Å². The van der Waals surface area contributed by atoms with E-state index in [0.717, 1.165) is 5.39 Å². The molecule has 0 saturated heterocycles. The van der Waals surface area contributed by atoms with Gasteiger partial charge in [0.1, 0.15) is 5.58 Å². The Balaban J connectivity index is 0.000000686. The van der Waals surface area contributed by atoms with Crippen LogP contribution < -0.4 is 5.63 Å². The first-order valence-electron chi connectivity index (χ1n) is 6.12. The smallest absolute Gasteiger partial charge is 0.339 e. The van der Waals surface area contributed by atoms with Gasteiger partial charge in [-0.25, -0.2) is 4.79 Å². The molecule has 1 aromatic carbocycles. The van der Waals surface area contributed by atoms with Crippen molar-refractivity contribution in [2.45, 2.75) is 40.5 Å². The highest BCUT2D eigenvalue weighted by Crippen LogP contribution is 2.20. The van der Waals surface area contributed by atoms with Crippen LogP contribution in [-0.4, -0.2) is 0 Å². The third-order valence-electron chi connectivity index (χ3n) is 2.60. The molecule has 0 radical (unpaired) electrons. The van der Waals surface area contributed by atoms with Crippen LogP contribution in [0.4, 0.5) is 0 Å². The number of benzene rings is 1. The van der Waals surface area contributed by atoms with Gasteiger partial charge in [0.25, 0.3) is 0 Å². The van der Waals surface area contributed by atoms with Crippen LogP contribution in [0.5, 0.6) is 0 Å². The minimum absolute atomic E-state index is 0.250. The van der Waals surface area contributed by atoms with E-state index in [2.05, 4.69) is 19.9 Å². The third-order valence-corrected chi connectivity index (χ3v) is 2.60. The fourth-order valence-corrected chi connectivity index (χ4v) is 1.60. The summed E-state index contributed by atoms with van der Waals surface area (Å²) in [6.45, 7) is 10.1. The van der Waals surface area contributed by atoms with Crippen molar-refractivity contribution in [2.75, 3.05) is 0 Å². The Labute approximate surface area is 102 Å². The normalized spacial score (nSPS) is 10.2. The maximum absolute atomic E-state index is 11.3. The van der Waals surface area contributed by atoms with E-state index in [1.807, 2.05) is 32.0 Å². The summed E-state index contributed by atoms with van der Waals surface area (Å²) in [7, 11) is 0. The second-order valence-corrected chi connectivity index (χ2v) is 4.17. The van der Waals surface area contributed by atoms with E-state index < -0.39 is 0 Å². The first-order chi connectivity index (χ1) is 8.08. The van der Waals surface area contributed by atoms with E-state index >= 15 is 0 Å². The molecule has 0 amide bonds. The number of hydrogen-bond acceptors (Lipinski definition) is 2. The van der Waals surface area contributed by atoms with Gasteiger partial charge in [-0.15, -0.1) is 0 Å². The second kappa shape index (κ2) is 5.67. The minimum Gasteiger partial charge on any atom is -0.423 e. The molecule has 0 atom stereocenters. The van der Waals surface area contributed by atoms with Gasteiger partial charge in [0.05, 0.1) is 0 Å². The van der Waals surface area contributed by atoms with Crippen LogP contribution in [0.15, 0.2) is 33.5 Å². The van der Waals surface area contributed by atoms with Gasteiger partial charge in [0, 0.05) is 10.9 Å². The van der Waals surface area contributed by atoms with E-state index in [0.29, 0.717) is 17.1 Å². The van der Waals surface area contributed by atoms with Gasteiger partial charge in [-0.3, -0.25) is 0 Å². The standard InChI is InChI=1S/C13H14O2.C2H6/c1-8(2)10-4-5-12-11(7-10)6-9(3)13(14)15-12;1-2/h4-8H,1-3H3;1-2H3. The van der Waals surface area contributed by atoms with Gasteiger partial charge >= 0.3 is 5.63 Å². The Hall–Kier alpha value is -1.57. The van der Waals surface area contributed by atoms with E-state index in [4.69, 9.17) is 4.42 Å². The molecule has 0 bridgehead atoms. The lowest BCUT2D eigenvalue weighted by Gasteiger charge is -2.06. The molecular weight excluding hydrogens is 212 g/mol. The van der Waals surface area contributed by atoms with Crippen molar-refractivity contribution in [1.29, 1.82) is 0 Å². The Kier molecular flexibility index (Phi) is 4.50. The van der Waals surface area contributed by atoms with E-state index in [-0.39, 0.29) is 5.63 Å². The molecule has 0 aliphatic rings. The summed E-state index contributed by atoms with van der Waals surface area (Å²) in [5.74, 6) is 0.488. The van der Waals surface area contributed by atoms with Gasteiger partial charge < -0.3 is 4.42 Å². The largest absolute Gasteiger partial charge is 0.423 e. The van der Waals surface area contributed by atoms with Crippen molar-refractivity contribution < 1.29 is 4.42 Å². The van der Waals surface area contributed by atoms with E-state index in [1.54, 1.807) is 6.92 Å². The summed E-state index contributed by atoms with van der Waals surface area (Å²) in [6.07, 6.45) is 0. The molecule has 2 nitrogen and oxygen atoms in total. The van der Waals surface area contributed by atoms with Crippen molar-refractivity contribution in [3.63, 3.8) is 0 Å². The lowest BCUT2D eigenvalue weighted by Crippen LogP contribution is -2.02. The second-order valence-electron chi connectivity index (χ2n) is 4.17. The molecular formula is C15H20O2. The Morgan fingerprint density at radius 1 is 1.12 bits per heavy atom. The Morgan fingerprint density at radius 2 is 1.76 bits per heavy atom. The predicted molar refractivity (Wildman–Crippen MR) is 72.7 cm³/mol. The summed E-state index contributed by atoms with van der Waals surface area (Å²) in [6, 6.07) is 7.83. The third kappa shape index (κ3) is 2.96. The van der Waals surface area contributed by atoms with Crippen LogP contribution >= 0.6 is 0 Å². The number of fused-ring (bicyclic) bond motifs is 1. The molecule has 0 fully saturated rings. The minimum atomic E-state index is -0.250. The summed E-state index contributed by atoms with van der Waals surface area (Å²) < 4.78 is 5.17. The number of aryl methyl sites for hydroxylation is 1. The van der Waals surface area contributed by atoms with Gasteiger partial charge in [0.15, 0.2) is 0 Å². The summed E-state index contributed by atoms with van der Waals surface area (Å²) in [4.78, 5) is 11.3. The monoisotopic (exact) mass is 232 g/mol. The van der Waals surface area contributed by atoms with Gasteiger partial charge in [-0.2, -0.15) is 0 Å². The molecule has 2 aromatic rings. The van der Waals surface area contributed by atoms with Crippen molar-refractivity contribution in [1.82, 2.24) is 0 Å². The van der Waals surface area contributed by atoms with Crippen LogP contribution in [0.25, 0.3) is 11.0 Å². The van der Waals surface area contributed by atoms with Crippen LogP contribution in [0, 0.1) is 6.92 Å². The Bertz CT molecular complexity index is 550. The molecule has 92 valence electrons. The first-order valence-corrected chi connectivity index (χ1v) is 6.12. The molecule has 0 aliphatic heterocycles. The Morgan fingerprint density at radius 3 is 2.35 bits per heavy atom. The molecule has 2 rings (SSSR count). The molecule has 0 N–H and O–H groups in total. The van der Waals surface area contributed by atoms with Crippen LogP contribution in [0.2, 0.25) is 0 Å². The van der Waals surface area contributed by atoms with Crippen LogP contribution in [0.3, 0.4) is 0 Å².